The first-order chi connectivity index (χ1) is 12.4. The maximum Gasteiger partial charge on any atom is 0.245 e. The van der Waals surface area contributed by atoms with Gasteiger partial charge in [-0.05, 0) is 44.0 Å². The number of ketones is 1. The summed E-state index contributed by atoms with van der Waals surface area (Å²) in [5, 5.41) is 11.6. The highest BCUT2D eigenvalue weighted by molar-refractivity contribution is 6.10. The molecule has 140 valence electrons. The molecule has 0 heterocycles. The van der Waals surface area contributed by atoms with E-state index >= 15 is 0 Å². The average molecular weight is 362 g/mol. The fourth-order valence-corrected chi connectivity index (χ4v) is 2.02. The molecule has 1 aromatic carbocycles. The molecule has 1 N–H and O–H groups in total. The first kappa shape index (κ1) is 21.3. The number of nitrogens with zero attached hydrogens (tertiary/aromatic N) is 1. The first-order valence-corrected chi connectivity index (χ1v) is 8.23. The molecule has 0 saturated heterocycles. The molecule has 6 nitrogen and oxygen atoms in total. The monoisotopic (exact) mass is 362 g/mol. The van der Waals surface area contributed by atoms with E-state index in [0.717, 1.165) is 6.08 Å². The molecule has 0 aromatic heterocycles. The summed E-state index contributed by atoms with van der Waals surface area (Å²) in [4.78, 5) is 24.0. The smallest absolute Gasteiger partial charge is 0.245 e. The van der Waals surface area contributed by atoms with E-state index in [4.69, 9.17) is 14.7 Å². The van der Waals surface area contributed by atoms with Gasteiger partial charge in [0.2, 0.25) is 5.91 Å². The Hall–Kier alpha value is -2.72. The lowest BCUT2D eigenvalue weighted by molar-refractivity contribution is -0.129. The molecular formula is C19H23FN2O4. The minimum atomic E-state index is -1.44. The van der Waals surface area contributed by atoms with E-state index in [-0.39, 0.29) is 11.9 Å². The van der Waals surface area contributed by atoms with E-state index in [1.807, 2.05) is 13.8 Å². The van der Waals surface area contributed by atoms with Crippen molar-refractivity contribution in [1.29, 1.82) is 5.26 Å². The molecule has 0 bridgehead atoms. The second-order valence-electron chi connectivity index (χ2n) is 5.76. The highest BCUT2D eigenvalue weighted by Gasteiger charge is 2.23. The Balaban J connectivity index is 2.58. The summed E-state index contributed by atoms with van der Waals surface area (Å²) in [6.45, 7) is 4.60. The molecule has 1 aromatic rings. The topological polar surface area (TPSA) is 88.4 Å². The Morgan fingerprint density at radius 2 is 2.12 bits per heavy atom. The molecule has 0 aliphatic rings. The fraction of sp³-hybridized carbons (Fsp3) is 0.421. The Bertz CT molecular complexity index is 695. The van der Waals surface area contributed by atoms with Crippen LogP contribution in [0.3, 0.4) is 0 Å². The van der Waals surface area contributed by atoms with Crippen LogP contribution in [0.4, 0.5) is 4.39 Å². The maximum atomic E-state index is 13.6. The highest BCUT2D eigenvalue weighted by atomic mass is 19.1. The van der Waals surface area contributed by atoms with Gasteiger partial charge in [0.15, 0.2) is 23.3 Å². The number of halogens is 1. The summed E-state index contributed by atoms with van der Waals surface area (Å²) in [5.74, 6) is -3.25. The van der Waals surface area contributed by atoms with Crippen LogP contribution in [-0.4, -0.2) is 38.1 Å². The van der Waals surface area contributed by atoms with Crippen molar-refractivity contribution in [3.05, 3.63) is 35.7 Å². The first-order valence-electron chi connectivity index (χ1n) is 8.23. The SMILES string of the molecule is COc1ccc(/C=C/C(=O)C(C#N)C(=O)NCCCOC(C)C)cc1F. The van der Waals surface area contributed by atoms with Crippen molar-refractivity contribution in [2.24, 2.45) is 5.92 Å². The summed E-state index contributed by atoms with van der Waals surface area (Å²) >= 11 is 0. The molecule has 0 aliphatic carbocycles. The van der Waals surface area contributed by atoms with Crippen molar-refractivity contribution in [2.75, 3.05) is 20.3 Å². The van der Waals surface area contributed by atoms with Gasteiger partial charge >= 0.3 is 0 Å². The number of nitriles is 1. The van der Waals surface area contributed by atoms with Crippen molar-refractivity contribution >= 4 is 17.8 Å². The van der Waals surface area contributed by atoms with Gasteiger partial charge in [0.05, 0.1) is 19.3 Å². The minimum Gasteiger partial charge on any atom is -0.494 e. The van der Waals surface area contributed by atoms with Crippen LogP contribution in [0.15, 0.2) is 24.3 Å². The van der Waals surface area contributed by atoms with E-state index in [1.54, 1.807) is 12.1 Å². The molecule has 0 spiro atoms. The Labute approximate surface area is 152 Å². The Morgan fingerprint density at radius 1 is 1.38 bits per heavy atom. The number of nitrogens with one attached hydrogen (secondary N) is 1. The van der Waals surface area contributed by atoms with E-state index in [0.29, 0.717) is 25.1 Å². The lowest BCUT2D eigenvalue weighted by Gasteiger charge is -2.09. The number of hydrogen-bond acceptors (Lipinski definition) is 5. The predicted octanol–water partition coefficient (Wildman–Crippen LogP) is 2.49. The standard InChI is InChI=1S/C19H23FN2O4/c1-13(2)26-10-4-9-22-19(24)15(12-21)17(23)7-5-14-6-8-18(25-3)16(20)11-14/h5-8,11,13,15H,4,9-10H2,1-3H3,(H,22,24)/b7-5+. The van der Waals surface area contributed by atoms with Gasteiger partial charge in [0, 0.05) is 13.2 Å². The normalized spacial score (nSPS) is 12.0. The van der Waals surface area contributed by atoms with Crippen LogP contribution in [-0.2, 0) is 14.3 Å². The molecule has 0 aliphatic heterocycles. The van der Waals surface area contributed by atoms with E-state index < -0.39 is 23.4 Å². The lowest BCUT2D eigenvalue weighted by Crippen LogP contribution is -2.35. The van der Waals surface area contributed by atoms with E-state index in [2.05, 4.69) is 5.32 Å². The van der Waals surface area contributed by atoms with Crippen LogP contribution in [0.1, 0.15) is 25.8 Å². The molecule has 7 heteroatoms. The molecule has 1 unspecified atom stereocenters. The van der Waals surface area contributed by atoms with E-state index in [9.17, 15) is 14.0 Å². The fourth-order valence-electron chi connectivity index (χ4n) is 2.02. The number of benzene rings is 1. The number of amides is 1. The van der Waals surface area contributed by atoms with Gasteiger partial charge in [-0.15, -0.1) is 0 Å². The summed E-state index contributed by atoms with van der Waals surface area (Å²) in [6.07, 6.45) is 3.12. The van der Waals surface area contributed by atoms with Crippen molar-refractivity contribution in [3.8, 4) is 11.8 Å². The van der Waals surface area contributed by atoms with Crippen LogP contribution in [0, 0.1) is 23.1 Å². The summed E-state index contributed by atoms with van der Waals surface area (Å²) < 4.78 is 23.8. The summed E-state index contributed by atoms with van der Waals surface area (Å²) in [7, 11) is 1.35. The van der Waals surface area contributed by atoms with Crippen LogP contribution >= 0.6 is 0 Å². The molecule has 0 radical (unpaired) electrons. The number of carbonyl (C=O) groups excluding carboxylic acids is 2. The quantitative estimate of drug-likeness (QED) is 0.392. The van der Waals surface area contributed by atoms with Gasteiger partial charge in [-0.25, -0.2) is 4.39 Å². The molecule has 0 saturated carbocycles. The van der Waals surface area contributed by atoms with Gasteiger partial charge in [0.25, 0.3) is 0 Å². The second-order valence-corrected chi connectivity index (χ2v) is 5.76. The van der Waals surface area contributed by atoms with Crippen LogP contribution < -0.4 is 10.1 Å². The van der Waals surface area contributed by atoms with Crippen LogP contribution in [0.2, 0.25) is 0 Å². The summed E-state index contributed by atoms with van der Waals surface area (Å²) in [5.41, 5.74) is 0.416. The molecule has 0 fully saturated rings. The van der Waals surface area contributed by atoms with Gasteiger partial charge in [0.1, 0.15) is 0 Å². The number of rotatable bonds is 10. The van der Waals surface area contributed by atoms with Gasteiger partial charge in [-0.3, -0.25) is 9.59 Å². The third kappa shape index (κ3) is 7.03. The van der Waals surface area contributed by atoms with Gasteiger partial charge in [-0.2, -0.15) is 5.26 Å². The second kappa shape index (κ2) is 11.0. The van der Waals surface area contributed by atoms with Crippen molar-refractivity contribution < 1.29 is 23.5 Å². The molecule has 1 amide bonds. The number of carbonyl (C=O) groups is 2. The van der Waals surface area contributed by atoms with Gasteiger partial charge < -0.3 is 14.8 Å². The zero-order valence-electron chi connectivity index (χ0n) is 15.1. The molecule has 26 heavy (non-hydrogen) atoms. The molecular weight excluding hydrogens is 339 g/mol. The van der Waals surface area contributed by atoms with Crippen molar-refractivity contribution in [1.82, 2.24) is 5.32 Å². The Morgan fingerprint density at radius 3 is 2.69 bits per heavy atom. The highest BCUT2D eigenvalue weighted by Crippen LogP contribution is 2.18. The number of methoxy groups -OCH3 is 1. The third-order valence-electron chi connectivity index (χ3n) is 3.36. The van der Waals surface area contributed by atoms with Gasteiger partial charge in [-0.1, -0.05) is 12.1 Å². The lowest BCUT2D eigenvalue weighted by atomic mass is 10.0. The predicted molar refractivity (Wildman–Crippen MR) is 94.8 cm³/mol. The van der Waals surface area contributed by atoms with Crippen LogP contribution in [0.5, 0.6) is 5.75 Å². The molecule has 1 atom stereocenters. The third-order valence-corrected chi connectivity index (χ3v) is 3.36. The minimum absolute atomic E-state index is 0.0872. The Kier molecular flexibility index (Phi) is 9.02. The number of hydrogen-bond donors (Lipinski definition) is 1. The maximum absolute atomic E-state index is 13.6. The largest absolute Gasteiger partial charge is 0.494 e. The van der Waals surface area contributed by atoms with Crippen LogP contribution in [0.25, 0.3) is 6.08 Å². The average Bonchev–Trinajstić information content (AvgIpc) is 2.60. The zero-order valence-corrected chi connectivity index (χ0v) is 15.1. The number of ether oxygens (including phenoxy) is 2. The number of allylic oxidation sites excluding steroid dienone is 1. The van der Waals surface area contributed by atoms with Crippen molar-refractivity contribution in [3.63, 3.8) is 0 Å². The van der Waals surface area contributed by atoms with E-state index in [1.165, 1.54) is 25.3 Å². The summed E-state index contributed by atoms with van der Waals surface area (Å²) in [6, 6.07) is 5.86. The molecule has 1 rings (SSSR count). The van der Waals surface area contributed by atoms with Crippen molar-refractivity contribution in [2.45, 2.75) is 26.4 Å². The zero-order chi connectivity index (χ0) is 19.5.